The Hall–Kier alpha value is -2.93. The largest absolute Gasteiger partial charge is 0.481 e. The van der Waals surface area contributed by atoms with Crippen LogP contribution in [0, 0.1) is 23.0 Å². The van der Waals surface area contributed by atoms with Gasteiger partial charge in [0, 0.05) is 41.2 Å². The molecule has 7 nitrogen and oxygen atoms in total. The summed E-state index contributed by atoms with van der Waals surface area (Å²) in [6, 6.07) is 11.1. The number of rotatable bonds is 4. The molecular weight excluding hydrogens is 372 g/mol. The van der Waals surface area contributed by atoms with Crippen LogP contribution in [0.4, 0.5) is 5.69 Å². The first-order valence-corrected chi connectivity index (χ1v) is 8.68. The van der Waals surface area contributed by atoms with Crippen molar-refractivity contribution in [2.24, 2.45) is 5.92 Å². The summed E-state index contributed by atoms with van der Waals surface area (Å²) in [6.45, 7) is 1.90. The van der Waals surface area contributed by atoms with Crippen LogP contribution in [0.1, 0.15) is 27.4 Å². The Morgan fingerprint density at radius 3 is 2.41 bits per heavy atom. The van der Waals surface area contributed by atoms with E-state index in [1.165, 1.54) is 23.1 Å². The molecule has 1 aliphatic rings. The summed E-state index contributed by atoms with van der Waals surface area (Å²) in [5.74, 6) is -2.38. The Labute approximate surface area is 160 Å². The number of carbonyl (C=O) groups excluding carboxylic acids is 1. The van der Waals surface area contributed by atoms with E-state index in [2.05, 4.69) is 0 Å². The predicted molar refractivity (Wildman–Crippen MR) is 99.1 cm³/mol. The lowest BCUT2D eigenvalue weighted by Crippen LogP contribution is -2.30. The second-order valence-corrected chi connectivity index (χ2v) is 7.01. The van der Waals surface area contributed by atoms with Crippen molar-refractivity contribution >= 4 is 29.2 Å². The van der Waals surface area contributed by atoms with Crippen LogP contribution < -0.4 is 0 Å². The minimum Gasteiger partial charge on any atom is -0.481 e. The highest BCUT2D eigenvalue weighted by Gasteiger charge is 2.40. The SMILES string of the molecule is Cc1cc(C(=O)N2C[C@@H](C(=O)O)[C@H](c3ccc(Cl)cc3)C2)ccc1[N+](=O)[O-]. The van der Waals surface area contributed by atoms with Gasteiger partial charge in [-0.2, -0.15) is 0 Å². The lowest BCUT2D eigenvalue weighted by Gasteiger charge is -2.17. The minimum absolute atomic E-state index is 0.0598. The molecule has 1 fully saturated rings. The van der Waals surface area contributed by atoms with E-state index < -0.39 is 16.8 Å². The van der Waals surface area contributed by atoms with Crippen molar-refractivity contribution in [1.82, 2.24) is 4.90 Å². The van der Waals surface area contributed by atoms with Crippen molar-refractivity contribution < 1.29 is 19.6 Å². The molecule has 0 saturated carbocycles. The summed E-state index contributed by atoms with van der Waals surface area (Å²) in [5, 5.41) is 21.1. The van der Waals surface area contributed by atoms with E-state index in [1.54, 1.807) is 31.2 Å². The maximum Gasteiger partial charge on any atom is 0.308 e. The standard InChI is InChI=1S/C19H17ClN2O5/c1-11-8-13(4-7-17(11)22(26)27)18(23)21-9-15(16(10-21)19(24)25)12-2-5-14(20)6-3-12/h2-8,15-16H,9-10H2,1H3,(H,24,25)/t15-,16+/m0/s1. The topological polar surface area (TPSA) is 101 Å². The molecule has 140 valence electrons. The lowest BCUT2D eigenvalue weighted by atomic mass is 9.89. The first-order chi connectivity index (χ1) is 12.8. The number of aryl methyl sites for hydroxylation is 1. The quantitative estimate of drug-likeness (QED) is 0.638. The first kappa shape index (κ1) is 18.8. The molecule has 3 rings (SSSR count). The number of halogens is 1. The normalized spacial score (nSPS) is 19.1. The van der Waals surface area contributed by atoms with Gasteiger partial charge in [0.2, 0.25) is 0 Å². The fraction of sp³-hybridized carbons (Fsp3) is 0.263. The smallest absolute Gasteiger partial charge is 0.308 e. The van der Waals surface area contributed by atoms with Gasteiger partial charge in [-0.3, -0.25) is 19.7 Å². The first-order valence-electron chi connectivity index (χ1n) is 8.30. The number of hydrogen-bond donors (Lipinski definition) is 1. The zero-order chi connectivity index (χ0) is 19.7. The third-order valence-electron chi connectivity index (χ3n) is 4.86. The van der Waals surface area contributed by atoms with Gasteiger partial charge in [-0.15, -0.1) is 0 Å². The van der Waals surface area contributed by atoms with E-state index >= 15 is 0 Å². The zero-order valence-electron chi connectivity index (χ0n) is 14.5. The molecule has 0 aromatic heterocycles. The number of carbonyl (C=O) groups is 2. The fourth-order valence-corrected chi connectivity index (χ4v) is 3.57. The average Bonchev–Trinajstić information content (AvgIpc) is 3.07. The third-order valence-corrected chi connectivity index (χ3v) is 5.11. The third kappa shape index (κ3) is 3.78. The van der Waals surface area contributed by atoms with Crippen LogP contribution in [-0.2, 0) is 4.79 Å². The Balaban J connectivity index is 1.86. The molecule has 0 unspecified atom stereocenters. The molecule has 2 atom stereocenters. The number of benzene rings is 2. The van der Waals surface area contributed by atoms with Gasteiger partial charge in [0.05, 0.1) is 10.8 Å². The lowest BCUT2D eigenvalue weighted by molar-refractivity contribution is -0.385. The number of carboxylic acids is 1. The number of amides is 1. The van der Waals surface area contributed by atoms with Gasteiger partial charge in [-0.05, 0) is 36.8 Å². The van der Waals surface area contributed by atoms with Crippen molar-refractivity contribution in [2.75, 3.05) is 13.1 Å². The van der Waals surface area contributed by atoms with Gasteiger partial charge >= 0.3 is 5.97 Å². The molecule has 1 amide bonds. The second kappa shape index (κ2) is 7.36. The van der Waals surface area contributed by atoms with Crippen molar-refractivity contribution in [3.63, 3.8) is 0 Å². The molecule has 0 spiro atoms. The van der Waals surface area contributed by atoms with E-state index in [0.29, 0.717) is 16.1 Å². The Bertz CT molecular complexity index is 913. The van der Waals surface area contributed by atoms with Crippen molar-refractivity contribution in [3.8, 4) is 0 Å². The van der Waals surface area contributed by atoms with Crippen LogP contribution in [0.15, 0.2) is 42.5 Å². The Morgan fingerprint density at radius 1 is 1.19 bits per heavy atom. The minimum atomic E-state index is -0.967. The molecule has 1 N–H and O–H groups in total. The van der Waals surface area contributed by atoms with E-state index in [9.17, 15) is 24.8 Å². The molecule has 2 aromatic carbocycles. The molecule has 1 aliphatic heterocycles. The summed E-state index contributed by atoms with van der Waals surface area (Å²) < 4.78 is 0. The Kier molecular flexibility index (Phi) is 5.14. The van der Waals surface area contributed by atoms with Crippen LogP contribution in [0.25, 0.3) is 0 Å². The number of nitro benzene ring substituents is 1. The highest BCUT2D eigenvalue weighted by Crippen LogP contribution is 2.34. The van der Waals surface area contributed by atoms with Crippen molar-refractivity contribution in [2.45, 2.75) is 12.8 Å². The molecule has 27 heavy (non-hydrogen) atoms. The number of likely N-dealkylation sites (tertiary alicyclic amines) is 1. The van der Waals surface area contributed by atoms with Crippen LogP contribution >= 0.6 is 11.6 Å². The molecule has 1 heterocycles. The number of carboxylic acid groups (broad SMARTS) is 1. The predicted octanol–water partition coefficient (Wildman–Crippen LogP) is 3.50. The van der Waals surface area contributed by atoms with E-state index in [-0.39, 0.29) is 30.6 Å². The molecule has 8 heteroatoms. The van der Waals surface area contributed by atoms with Crippen LogP contribution in [0.5, 0.6) is 0 Å². The molecule has 0 aliphatic carbocycles. The summed E-state index contributed by atoms with van der Waals surface area (Å²) in [5.41, 5.74) is 1.44. The number of aliphatic carboxylic acids is 1. The zero-order valence-corrected chi connectivity index (χ0v) is 15.2. The fourth-order valence-electron chi connectivity index (χ4n) is 3.44. The summed E-state index contributed by atoms with van der Waals surface area (Å²) in [6.07, 6.45) is 0. The van der Waals surface area contributed by atoms with Gasteiger partial charge < -0.3 is 10.0 Å². The van der Waals surface area contributed by atoms with Crippen molar-refractivity contribution in [3.05, 3.63) is 74.3 Å². The highest BCUT2D eigenvalue weighted by atomic mass is 35.5. The maximum absolute atomic E-state index is 12.8. The Morgan fingerprint density at radius 2 is 1.85 bits per heavy atom. The number of nitro groups is 1. The summed E-state index contributed by atoms with van der Waals surface area (Å²) in [4.78, 5) is 36.4. The molecule has 1 saturated heterocycles. The van der Waals surface area contributed by atoms with Crippen molar-refractivity contribution in [1.29, 1.82) is 0 Å². The van der Waals surface area contributed by atoms with Gasteiger partial charge in [-0.25, -0.2) is 0 Å². The molecule has 2 aromatic rings. The summed E-state index contributed by atoms with van der Waals surface area (Å²) >= 11 is 5.90. The molecular formula is C19H17ClN2O5. The number of nitrogens with zero attached hydrogens (tertiary/aromatic N) is 2. The van der Waals surface area contributed by atoms with Crippen LogP contribution in [-0.4, -0.2) is 39.9 Å². The monoisotopic (exact) mass is 388 g/mol. The van der Waals surface area contributed by atoms with Gasteiger partial charge in [0.15, 0.2) is 0 Å². The molecule has 0 bridgehead atoms. The second-order valence-electron chi connectivity index (χ2n) is 6.57. The molecule has 0 radical (unpaired) electrons. The van der Waals surface area contributed by atoms with E-state index in [0.717, 1.165) is 5.56 Å². The summed E-state index contributed by atoms with van der Waals surface area (Å²) in [7, 11) is 0. The van der Waals surface area contributed by atoms with Gasteiger partial charge in [0.1, 0.15) is 0 Å². The maximum atomic E-state index is 12.8. The average molecular weight is 389 g/mol. The van der Waals surface area contributed by atoms with Gasteiger partial charge in [-0.1, -0.05) is 23.7 Å². The van der Waals surface area contributed by atoms with Gasteiger partial charge in [0.25, 0.3) is 11.6 Å². The van der Waals surface area contributed by atoms with Crippen LogP contribution in [0.3, 0.4) is 0 Å². The van der Waals surface area contributed by atoms with E-state index in [4.69, 9.17) is 11.6 Å². The van der Waals surface area contributed by atoms with Crippen LogP contribution in [0.2, 0.25) is 5.02 Å². The number of hydrogen-bond acceptors (Lipinski definition) is 4. The highest BCUT2D eigenvalue weighted by molar-refractivity contribution is 6.30. The van der Waals surface area contributed by atoms with E-state index in [1.807, 2.05) is 0 Å².